The molecule has 3 heteroatoms. The van der Waals surface area contributed by atoms with E-state index in [1.54, 1.807) is 12.1 Å². The van der Waals surface area contributed by atoms with Crippen LogP contribution in [0.5, 0.6) is 5.75 Å². The molecule has 1 aromatic rings. The van der Waals surface area contributed by atoms with Gasteiger partial charge in [0.25, 0.3) is 0 Å². The van der Waals surface area contributed by atoms with E-state index >= 15 is 0 Å². The number of hydrogen-bond donors (Lipinski definition) is 1. The number of phenolic OH excluding ortho intramolecular Hbond substituents is 1. The Morgan fingerprint density at radius 2 is 1.65 bits per heavy atom. The van der Waals surface area contributed by atoms with E-state index in [0.29, 0.717) is 5.75 Å². The predicted molar refractivity (Wildman–Crippen MR) is 75.0 cm³/mol. The van der Waals surface area contributed by atoms with Crippen LogP contribution < -0.4 is 0 Å². The first-order valence-electron chi connectivity index (χ1n) is 6.57. The summed E-state index contributed by atoms with van der Waals surface area (Å²) < 4.78 is 6.06. The molecule has 0 amide bonds. The van der Waals surface area contributed by atoms with Gasteiger partial charge in [-0.1, -0.05) is 26.0 Å². The molecule has 0 radical (unpaired) electrons. The molecule has 0 aliphatic heterocycles. The second kappa shape index (κ2) is 6.82. The minimum absolute atomic E-state index is 0.341. The molecule has 17 heavy (non-hydrogen) atoms. The fraction of sp³-hybridized carbons (Fsp3) is 0.571. The van der Waals surface area contributed by atoms with E-state index in [-0.39, 0.29) is 0 Å². The SMILES string of the molecule is CCO[Si](CC)(CC)CCc1ccc(O)cc1. The van der Waals surface area contributed by atoms with Gasteiger partial charge in [-0.2, -0.15) is 0 Å². The zero-order chi connectivity index (χ0) is 12.7. The van der Waals surface area contributed by atoms with Gasteiger partial charge < -0.3 is 9.53 Å². The summed E-state index contributed by atoms with van der Waals surface area (Å²) in [5, 5.41) is 9.25. The summed E-state index contributed by atoms with van der Waals surface area (Å²) in [7, 11) is -1.50. The van der Waals surface area contributed by atoms with Crippen molar-refractivity contribution in [1.29, 1.82) is 0 Å². The number of aryl methyl sites for hydroxylation is 1. The maximum absolute atomic E-state index is 9.25. The highest BCUT2D eigenvalue weighted by molar-refractivity contribution is 6.73. The van der Waals surface area contributed by atoms with Crippen LogP contribution in [-0.4, -0.2) is 20.0 Å². The third kappa shape index (κ3) is 4.17. The van der Waals surface area contributed by atoms with Crippen molar-refractivity contribution < 1.29 is 9.53 Å². The molecule has 1 aromatic carbocycles. The molecule has 0 atom stereocenters. The highest BCUT2D eigenvalue weighted by Crippen LogP contribution is 2.24. The van der Waals surface area contributed by atoms with Gasteiger partial charge in [0, 0.05) is 6.61 Å². The molecular formula is C14H24O2Si. The topological polar surface area (TPSA) is 29.5 Å². The summed E-state index contributed by atoms with van der Waals surface area (Å²) >= 11 is 0. The van der Waals surface area contributed by atoms with Gasteiger partial charge >= 0.3 is 0 Å². The number of phenols is 1. The molecule has 1 rings (SSSR count). The highest BCUT2D eigenvalue weighted by Gasteiger charge is 2.29. The minimum atomic E-state index is -1.50. The second-order valence-corrected chi connectivity index (χ2v) is 9.06. The van der Waals surface area contributed by atoms with Crippen LogP contribution in [0.2, 0.25) is 18.1 Å². The molecular weight excluding hydrogens is 228 g/mol. The van der Waals surface area contributed by atoms with E-state index in [2.05, 4.69) is 20.8 Å². The molecule has 0 spiro atoms. The van der Waals surface area contributed by atoms with Crippen molar-refractivity contribution in [1.82, 2.24) is 0 Å². The average molecular weight is 252 g/mol. The lowest BCUT2D eigenvalue weighted by Gasteiger charge is -2.28. The lowest BCUT2D eigenvalue weighted by atomic mass is 10.2. The summed E-state index contributed by atoms with van der Waals surface area (Å²) in [5.74, 6) is 0.341. The van der Waals surface area contributed by atoms with Gasteiger partial charge in [0.15, 0.2) is 8.32 Å². The van der Waals surface area contributed by atoms with Crippen LogP contribution in [0.1, 0.15) is 26.3 Å². The monoisotopic (exact) mass is 252 g/mol. The van der Waals surface area contributed by atoms with Gasteiger partial charge in [-0.3, -0.25) is 0 Å². The van der Waals surface area contributed by atoms with E-state index in [0.717, 1.165) is 13.0 Å². The van der Waals surface area contributed by atoms with Crippen LogP contribution in [0.15, 0.2) is 24.3 Å². The van der Waals surface area contributed by atoms with E-state index in [4.69, 9.17) is 4.43 Å². The van der Waals surface area contributed by atoms with Crippen molar-refractivity contribution in [3.8, 4) is 5.75 Å². The molecule has 0 aliphatic rings. The van der Waals surface area contributed by atoms with E-state index in [9.17, 15) is 5.11 Å². The van der Waals surface area contributed by atoms with Crippen LogP contribution in [-0.2, 0) is 10.8 Å². The minimum Gasteiger partial charge on any atom is -0.508 e. The summed E-state index contributed by atoms with van der Waals surface area (Å²) in [5.41, 5.74) is 1.29. The quantitative estimate of drug-likeness (QED) is 0.744. The Labute approximate surface area is 106 Å². The third-order valence-corrected chi connectivity index (χ3v) is 8.18. The largest absolute Gasteiger partial charge is 0.508 e. The van der Waals surface area contributed by atoms with Crippen molar-refractivity contribution in [3.63, 3.8) is 0 Å². The first-order valence-corrected chi connectivity index (χ1v) is 9.10. The average Bonchev–Trinajstić information content (AvgIpc) is 2.36. The van der Waals surface area contributed by atoms with Gasteiger partial charge in [-0.05, 0) is 49.2 Å². The predicted octanol–water partition coefficient (Wildman–Crippen LogP) is 3.96. The first-order chi connectivity index (χ1) is 8.15. The standard InChI is InChI=1S/C14H24O2Si/c1-4-16-17(5-2,6-3)12-11-13-7-9-14(15)10-8-13/h7-10,15H,4-6,11-12H2,1-3H3. The van der Waals surface area contributed by atoms with Crippen molar-refractivity contribution in [2.45, 2.75) is 45.3 Å². The summed E-state index contributed by atoms with van der Waals surface area (Å²) in [6, 6.07) is 11.1. The normalized spacial score (nSPS) is 11.7. The van der Waals surface area contributed by atoms with E-state index < -0.39 is 8.32 Å². The molecule has 0 saturated heterocycles. The Hall–Kier alpha value is -0.803. The molecule has 0 fully saturated rings. The second-order valence-electron chi connectivity index (χ2n) is 4.49. The molecule has 0 unspecified atom stereocenters. The van der Waals surface area contributed by atoms with Gasteiger partial charge in [0.05, 0.1) is 0 Å². The Morgan fingerprint density at radius 1 is 1.06 bits per heavy atom. The lowest BCUT2D eigenvalue weighted by Crippen LogP contribution is -2.37. The van der Waals surface area contributed by atoms with Crippen LogP contribution in [0.4, 0.5) is 0 Å². The number of aromatic hydroxyl groups is 1. The number of benzene rings is 1. The van der Waals surface area contributed by atoms with Crippen LogP contribution in [0.25, 0.3) is 0 Å². The number of hydrogen-bond acceptors (Lipinski definition) is 2. The first kappa shape index (κ1) is 14.3. The third-order valence-electron chi connectivity index (χ3n) is 3.54. The Bertz CT molecular complexity index is 317. The van der Waals surface area contributed by atoms with E-state index in [1.807, 2.05) is 12.1 Å². The summed E-state index contributed by atoms with van der Waals surface area (Å²) in [4.78, 5) is 0. The Balaban J connectivity index is 2.60. The van der Waals surface area contributed by atoms with Crippen molar-refractivity contribution in [3.05, 3.63) is 29.8 Å². The fourth-order valence-corrected chi connectivity index (χ4v) is 5.34. The molecule has 2 nitrogen and oxygen atoms in total. The van der Waals surface area contributed by atoms with Gasteiger partial charge in [0.2, 0.25) is 0 Å². The smallest absolute Gasteiger partial charge is 0.192 e. The van der Waals surface area contributed by atoms with Crippen LogP contribution >= 0.6 is 0 Å². The van der Waals surface area contributed by atoms with Gasteiger partial charge in [-0.25, -0.2) is 0 Å². The molecule has 0 bridgehead atoms. The lowest BCUT2D eigenvalue weighted by molar-refractivity contribution is 0.319. The Morgan fingerprint density at radius 3 is 2.12 bits per heavy atom. The number of rotatable bonds is 7. The molecule has 0 heterocycles. The molecule has 0 aliphatic carbocycles. The van der Waals surface area contributed by atoms with Crippen LogP contribution in [0.3, 0.4) is 0 Å². The van der Waals surface area contributed by atoms with Crippen molar-refractivity contribution >= 4 is 8.32 Å². The molecule has 0 saturated carbocycles. The summed E-state index contributed by atoms with van der Waals surface area (Å²) in [6.07, 6.45) is 1.06. The molecule has 1 N–H and O–H groups in total. The van der Waals surface area contributed by atoms with Crippen molar-refractivity contribution in [2.24, 2.45) is 0 Å². The maximum Gasteiger partial charge on any atom is 0.192 e. The molecule has 96 valence electrons. The zero-order valence-electron chi connectivity index (χ0n) is 11.2. The van der Waals surface area contributed by atoms with Gasteiger partial charge in [-0.15, -0.1) is 0 Å². The van der Waals surface area contributed by atoms with Gasteiger partial charge in [0.1, 0.15) is 5.75 Å². The Kier molecular flexibility index (Phi) is 5.72. The zero-order valence-corrected chi connectivity index (χ0v) is 12.2. The van der Waals surface area contributed by atoms with E-state index in [1.165, 1.54) is 23.7 Å². The fourth-order valence-electron chi connectivity index (χ4n) is 2.22. The van der Waals surface area contributed by atoms with Crippen molar-refractivity contribution in [2.75, 3.05) is 6.61 Å². The summed E-state index contributed by atoms with van der Waals surface area (Å²) in [6.45, 7) is 7.43. The van der Waals surface area contributed by atoms with Crippen LogP contribution in [0, 0.1) is 0 Å². The molecule has 0 aromatic heterocycles. The maximum atomic E-state index is 9.25. The highest BCUT2D eigenvalue weighted by atomic mass is 28.4.